The highest BCUT2D eigenvalue weighted by molar-refractivity contribution is 5.85. The molecule has 2 rings (SSSR count). The zero-order valence-corrected chi connectivity index (χ0v) is 11.3. The number of aliphatic hydroxyl groups is 1. The highest BCUT2D eigenvalue weighted by Gasteiger charge is 2.21. The molecule has 0 aromatic heterocycles. The van der Waals surface area contributed by atoms with Crippen molar-refractivity contribution in [2.75, 3.05) is 13.1 Å². The lowest BCUT2D eigenvalue weighted by Gasteiger charge is -2.29. The van der Waals surface area contributed by atoms with Crippen molar-refractivity contribution >= 4 is 24.8 Å². The van der Waals surface area contributed by atoms with Gasteiger partial charge in [-0.1, -0.05) is 30.3 Å². The topological polar surface area (TPSA) is 44.3 Å². The molecule has 1 heterocycles. The number of β-amino-alcohol motifs (C(OH)–C–C–N with tert-alkyl or cyclic N) is 1. The standard InChI is InChI=1S/C12H18N2O.2ClH/c15-12-9-13-7-6-11(12)14-8-10-4-2-1-3-5-10;;/h1-5,11-15H,6-9H2;2*1H/t11-,12+;;/m0../s1. The predicted octanol–water partition coefficient (Wildman–Crippen LogP) is 1.34. The van der Waals surface area contributed by atoms with Gasteiger partial charge in [-0.25, -0.2) is 0 Å². The van der Waals surface area contributed by atoms with E-state index in [1.54, 1.807) is 0 Å². The number of piperidine rings is 1. The van der Waals surface area contributed by atoms with Gasteiger partial charge < -0.3 is 15.7 Å². The van der Waals surface area contributed by atoms with Crippen LogP contribution in [0, 0.1) is 0 Å². The van der Waals surface area contributed by atoms with E-state index in [0.29, 0.717) is 6.54 Å². The molecule has 3 N–H and O–H groups in total. The number of benzene rings is 1. The maximum absolute atomic E-state index is 9.72. The van der Waals surface area contributed by atoms with E-state index in [1.165, 1.54) is 5.56 Å². The van der Waals surface area contributed by atoms with Gasteiger partial charge in [0.2, 0.25) is 0 Å². The molecule has 1 aromatic rings. The number of hydrogen-bond acceptors (Lipinski definition) is 3. The minimum Gasteiger partial charge on any atom is -0.390 e. The van der Waals surface area contributed by atoms with E-state index in [-0.39, 0.29) is 37.0 Å². The Labute approximate surface area is 115 Å². The van der Waals surface area contributed by atoms with Crippen molar-refractivity contribution in [2.24, 2.45) is 0 Å². The second kappa shape index (κ2) is 8.72. The van der Waals surface area contributed by atoms with Crippen molar-refractivity contribution in [2.45, 2.75) is 25.1 Å². The van der Waals surface area contributed by atoms with Crippen molar-refractivity contribution in [1.29, 1.82) is 0 Å². The van der Waals surface area contributed by atoms with Gasteiger partial charge in [0, 0.05) is 19.1 Å². The summed E-state index contributed by atoms with van der Waals surface area (Å²) < 4.78 is 0. The van der Waals surface area contributed by atoms with Crippen LogP contribution in [0.25, 0.3) is 0 Å². The minimum atomic E-state index is -0.262. The van der Waals surface area contributed by atoms with Crippen LogP contribution in [-0.4, -0.2) is 30.3 Å². The molecule has 5 heteroatoms. The summed E-state index contributed by atoms with van der Waals surface area (Å²) in [6.45, 7) is 2.53. The van der Waals surface area contributed by atoms with E-state index >= 15 is 0 Å². The lowest BCUT2D eigenvalue weighted by molar-refractivity contribution is 0.102. The molecule has 1 saturated heterocycles. The highest BCUT2D eigenvalue weighted by Crippen LogP contribution is 2.05. The summed E-state index contributed by atoms with van der Waals surface area (Å²) in [7, 11) is 0. The third-order valence-electron chi connectivity index (χ3n) is 2.86. The molecule has 2 atom stereocenters. The Morgan fingerprint density at radius 2 is 1.94 bits per heavy atom. The van der Waals surface area contributed by atoms with Crippen LogP contribution in [0.4, 0.5) is 0 Å². The fourth-order valence-electron chi connectivity index (χ4n) is 1.93. The van der Waals surface area contributed by atoms with E-state index < -0.39 is 0 Å². The molecular formula is C12H20Cl2N2O. The summed E-state index contributed by atoms with van der Waals surface area (Å²) in [5, 5.41) is 16.3. The van der Waals surface area contributed by atoms with Gasteiger partial charge in [0.05, 0.1) is 6.10 Å². The SMILES string of the molecule is Cl.Cl.O[C@@H]1CNCC[C@@H]1NCc1ccccc1. The van der Waals surface area contributed by atoms with Crippen LogP contribution in [0.3, 0.4) is 0 Å². The number of rotatable bonds is 3. The smallest absolute Gasteiger partial charge is 0.0817 e. The van der Waals surface area contributed by atoms with Crippen LogP contribution < -0.4 is 10.6 Å². The van der Waals surface area contributed by atoms with Crippen molar-refractivity contribution < 1.29 is 5.11 Å². The minimum absolute atomic E-state index is 0. The van der Waals surface area contributed by atoms with Crippen LogP contribution in [0.15, 0.2) is 30.3 Å². The molecule has 3 nitrogen and oxygen atoms in total. The zero-order chi connectivity index (χ0) is 10.5. The van der Waals surface area contributed by atoms with Crippen LogP contribution in [0.1, 0.15) is 12.0 Å². The lowest BCUT2D eigenvalue weighted by Crippen LogP contribution is -2.50. The molecule has 1 aromatic carbocycles. The number of halogens is 2. The third-order valence-corrected chi connectivity index (χ3v) is 2.86. The maximum atomic E-state index is 9.72. The largest absolute Gasteiger partial charge is 0.390 e. The number of aliphatic hydroxyl groups excluding tert-OH is 1. The van der Waals surface area contributed by atoms with Crippen molar-refractivity contribution in [3.05, 3.63) is 35.9 Å². The molecule has 98 valence electrons. The van der Waals surface area contributed by atoms with Crippen LogP contribution in [0.5, 0.6) is 0 Å². The van der Waals surface area contributed by atoms with Gasteiger partial charge >= 0.3 is 0 Å². The zero-order valence-electron chi connectivity index (χ0n) is 9.63. The van der Waals surface area contributed by atoms with Gasteiger partial charge in [0.25, 0.3) is 0 Å². The molecule has 0 radical (unpaired) electrons. The quantitative estimate of drug-likeness (QED) is 0.782. The molecule has 0 spiro atoms. The molecule has 0 aliphatic carbocycles. The first-order chi connectivity index (χ1) is 7.36. The Morgan fingerprint density at radius 1 is 1.24 bits per heavy atom. The summed E-state index contributed by atoms with van der Waals surface area (Å²) in [4.78, 5) is 0. The molecule has 0 bridgehead atoms. The van der Waals surface area contributed by atoms with Gasteiger partial charge in [-0.2, -0.15) is 0 Å². The fraction of sp³-hybridized carbons (Fsp3) is 0.500. The van der Waals surface area contributed by atoms with Crippen LogP contribution in [0.2, 0.25) is 0 Å². The van der Waals surface area contributed by atoms with E-state index in [9.17, 15) is 5.11 Å². The first kappa shape index (κ1) is 16.7. The number of hydrogen-bond donors (Lipinski definition) is 3. The molecule has 0 unspecified atom stereocenters. The van der Waals surface area contributed by atoms with Gasteiger partial charge in [0.15, 0.2) is 0 Å². The number of nitrogens with one attached hydrogen (secondary N) is 2. The Bertz CT molecular complexity index is 298. The first-order valence-electron chi connectivity index (χ1n) is 5.52. The Hall–Kier alpha value is -0.320. The Balaban J connectivity index is 0.00000128. The van der Waals surface area contributed by atoms with Crippen molar-refractivity contribution in [3.63, 3.8) is 0 Å². The first-order valence-corrected chi connectivity index (χ1v) is 5.52. The van der Waals surface area contributed by atoms with Gasteiger partial charge in [-0.15, -0.1) is 24.8 Å². The average Bonchev–Trinajstić information content (AvgIpc) is 2.29. The summed E-state index contributed by atoms with van der Waals surface area (Å²) in [6.07, 6.45) is 0.732. The second-order valence-electron chi connectivity index (χ2n) is 4.03. The molecule has 1 fully saturated rings. The molecular weight excluding hydrogens is 259 g/mol. The molecule has 0 saturated carbocycles. The predicted molar refractivity (Wildman–Crippen MR) is 75.1 cm³/mol. The van der Waals surface area contributed by atoms with Crippen LogP contribution >= 0.6 is 24.8 Å². The molecule has 0 amide bonds. The van der Waals surface area contributed by atoms with Crippen molar-refractivity contribution in [3.8, 4) is 0 Å². The van der Waals surface area contributed by atoms with Gasteiger partial charge in [0.1, 0.15) is 0 Å². The van der Waals surface area contributed by atoms with E-state index in [2.05, 4.69) is 22.8 Å². The third kappa shape index (κ3) is 5.23. The summed E-state index contributed by atoms with van der Waals surface area (Å²) in [5.41, 5.74) is 1.27. The average molecular weight is 279 g/mol. The molecule has 1 aliphatic rings. The highest BCUT2D eigenvalue weighted by atomic mass is 35.5. The Morgan fingerprint density at radius 3 is 2.59 bits per heavy atom. The monoisotopic (exact) mass is 278 g/mol. The summed E-state index contributed by atoms with van der Waals surface area (Å²) in [5.74, 6) is 0. The Kier molecular flexibility index (Phi) is 8.56. The fourth-order valence-corrected chi connectivity index (χ4v) is 1.93. The van der Waals surface area contributed by atoms with E-state index in [1.807, 2.05) is 18.2 Å². The van der Waals surface area contributed by atoms with E-state index in [4.69, 9.17) is 0 Å². The van der Waals surface area contributed by atoms with Gasteiger partial charge in [-0.3, -0.25) is 0 Å². The normalized spacial score (nSPS) is 23.4. The maximum Gasteiger partial charge on any atom is 0.0817 e. The lowest BCUT2D eigenvalue weighted by atomic mass is 10.0. The molecule has 1 aliphatic heterocycles. The molecule has 17 heavy (non-hydrogen) atoms. The van der Waals surface area contributed by atoms with Gasteiger partial charge in [-0.05, 0) is 18.5 Å². The summed E-state index contributed by atoms with van der Waals surface area (Å²) >= 11 is 0. The van der Waals surface area contributed by atoms with Crippen molar-refractivity contribution in [1.82, 2.24) is 10.6 Å². The van der Waals surface area contributed by atoms with E-state index in [0.717, 1.165) is 19.5 Å². The summed E-state index contributed by atoms with van der Waals surface area (Å²) in [6, 6.07) is 10.5. The second-order valence-corrected chi connectivity index (χ2v) is 4.03. The van der Waals surface area contributed by atoms with Crippen LogP contribution in [-0.2, 0) is 6.54 Å².